The standard InChI is InChI=1S/C17H27FN2/c1-3-4-14-7-9-20(10-8-14)17(12-19)15-6-5-13(2)16(18)11-15/h5-6,11,14,17H,3-4,7-10,12,19H2,1-2H3. The molecule has 0 aromatic heterocycles. The van der Waals surface area contributed by atoms with Gasteiger partial charge in [-0.3, -0.25) is 4.90 Å². The number of piperidine rings is 1. The van der Waals surface area contributed by atoms with Gasteiger partial charge in [-0.25, -0.2) is 4.39 Å². The third-order valence-corrected chi connectivity index (χ3v) is 4.59. The maximum absolute atomic E-state index is 13.7. The van der Waals surface area contributed by atoms with Gasteiger partial charge >= 0.3 is 0 Å². The van der Waals surface area contributed by atoms with E-state index in [1.165, 1.54) is 25.7 Å². The highest BCUT2D eigenvalue weighted by atomic mass is 19.1. The van der Waals surface area contributed by atoms with Crippen LogP contribution in [0.3, 0.4) is 0 Å². The molecular formula is C17H27FN2. The third-order valence-electron chi connectivity index (χ3n) is 4.59. The Morgan fingerprint density at radius 2 is 2.05 bits per heavy atom. The number of halogens is 1. The summed E-state index contributed by atoms with van der Waals surface area (Å²) in [6.45, 7) is 6.78. The van der Waals surface area contributed by atoms with E-state index in [2.05, 4.69) is 11.8 Å². The van der Waals surface area contributed by atoms with Gasteiger partial charge in [-0.05, 0) is 56.0 Å². The molecule has 1 atom stereocenters. The third kappa shape index (κ3) is 3.58. The first-order valence-corrected chi connectivity index (χ1v) is 7.85. The number of benzene rings is 1. The first-order valence-electron chi connectivity index (χ1n) is 7.85. The molecule has 0 amide bonds. The zero-order valence-corrected chi connectivity index (χ0v) is 12.7. The molecule has 1 heterocycles. The van der Waals surface area contributed by atoms with Crippen molar-refractivity contribution in [3.8, 4) is 0 Å². The fourth-order valence-electron chi connectivity index (χ4n) is 3.27. The Labute approximate surface area is 122 Å². The molecule has 2 nitrogen and oxygen atoms in total. The van der Waals surface area contributed by atoms with E-state index in [0.29, 0.717) is 12.1 Å². The molecule has 3 heteroatoms. The van der Waals surface area contributed by atoms with E-state index < -0.39 is 0 Å². The highest BCUT2D eigenvalue weighted by molar-refractivity contribution is 5.26. The molecule has 2 N–H and O–H groups in total. The van der Waals surface area contributed by atoms with E-state index in [0.717, 1.165) is 24.6 Å². The minimum Gasteiger partial charge on any atom is -0.329 e. The second kappa shape index (κ2) is 7.19. The predicted octanol–water partition coefficient (Wildman–Crippen LogP) is 3.65. The number of hydrogen-bond acceptors (Lipinski definition) is 2. The molecule has 0 aliphatic carbocycles. The summed E-state index contributed by atoms with van der Waals surface area (Å²) in [4.78, 5) is 2.43. The normalized spacial score (nSPS) is 19.2. The van der Waals surface area contributed by atoms with Gasteiger partial charge in [-0.15, -0.1) is 0 Å². The van der Waals surface area contributed by atoms with Crippen molar-refractivity contribution in [3.05, 3.63) is 35.1 Å². The number of nitrogens with zero attached hydrogens (tertiary/aromatic N) is 1. The van der Waals surface area contributed by atoms with E-state index in [1.54, 1.807) is 13.0 Å². The first kappa shape index (κ1) is 15.5. The van der Waals surface area contributed by atoms with Crippen molar-refractivity contribution in [2.75, 3.05) is 19.6 Å². The van der Waals surface area contributed by atoms with Gasteiger partial charge in [0.05, 0.1) is 0 Å². The number of likely N-dealkylation sites (tertiary alicyclic amines) is 1. The Morgan fingerprint density at radius 3 is 2.60 bits per heavy atom. The average molecular weight is 278 g/mol. The van der Waals surface area contributed by atoms with E-state index in [-0.39, 0.29) is 11.9 Å². The van der Waals surface area contributed by atoms with E-state index in [1.807, 2.05) is 12.1 Å². The van der Waals surface area contributed by atoms with Crippen molar-refractivity contribution < 1.29 is 4.39 Å². The Balaban J connectivity index is 2.03. The molecular weight excluding hydrogens is 251 g/mol. The summed E-state index contributed by atoms with van der Waals surface area (Å²) < 4.78 is 13.7. The molecule has 1 unspecified atom stereocenters. The molecule has 0 bridgehead atoms. The van der Waals surface area contributed by atoms with Crippen LogP contribution in [-0.2, 0) is 0 Å². The highest BCUT2D eigenvalue weighted by Gasteiger charge is 2.25. The van der Waals surface area contributed by atoms with E-state index in [9.17, 15) is 4.39 Å². The van der Waals surface area contributed by atoms with Gasteiger partial charge < -0.3 is 5.73 Å². The number of rotatable bonds is 5. The van der Waals surface area contributed by atoms with Crippen LogP contribution in [0.1, 0.15) is 49.8 Å². The Kier molecular flexibility index (Phi) is 5.55. The SMILES string of the molecule is CCCC1CCN(C(CN)c2ccc(C)c(F)c2)CC1. The fraction of sp³-hybridized carbons (Fsp3) is 0.647. The molecule has 1 aliphatic heterocycles. The van der Waals surface area contributed by atoms with Crippen molar-refractivity contribution in [1.29, 1.82) is 0 Å². The number of nitrogens with two attached hydrogens (primary N) is 1. The zero-order chi connectivity index (χ0) is 14.5. The van der Waals surface area contributed by atoms with Gasteiger partial charge in [0, 0.05) is 12.6 Å². The highest BCUT2D eigenvalue weighted by Crippen LogP contribution is 2.29. The number of aryl methyl sites for hydroxylation is 1. The minimum atomic E-state index is -0.123. The molecule has 1 saturated heterocycles. The van der Waals surface area contributed by atoms with Crippen LogP contribution in [0.15, 0.2) is 18.2 Å². The molecule has 112 valence electrons. The molecule has 20 heavy (non-hydrogen) atoms. The molecule has 0 saturated carbocycles. The van der Waals surface area contributed by atoms with Crippen LogP contribution in [0.5, 0.6) is 0 Å². The molecule has 0 radical (unpaired) electrons. The number of hydrogen-bond donors (Lipinski definition) is 1. The summed E-state index contributed by atoms with van der Waals surface area (Å²) in [7, 11) is 0. The van der Waals surface area contributed by atoms with Gasteiger partial charge in [0.25, 0.3) is 0 Å². The lowest BCUT2D eigenvalue weighted by molar-refractivity contribution is 0.131. The molecule has 1 fully saturated rings. The van der Waals surface area contributed by atoms with Crippen molar-refractivity contribution in [2.45, 2.75) is 45.6 Å². The van der Waals surface area contributed by atoms with Crippen LogP contribution in [-0.4, -0.2) is 24.5 Å². The minimum absolute atomic E-state index is 0.123. The topological polar surface area (TPSA) is 29.3 Å². The summed E-state index contributed by atoms with van der Waals surface area (Å²) >= 11 is 0. The summed E-state index contributed by atoms with van der Waals surface area (Å²) in [5.41, 5.74) is 7.67. The van der Waals surface area contributed by atoms with Gasteiger partial charge in [-0.1, -0.05) is 31.9 Å². The summed E-state index contributed by atoms with van der Waals surface area (Å²) in [5.74, 6) is 0.742. The molecule has 1 aliphatic rings. The zero-order valence-electron chi connectivity index (χ0n) is 12.7. The molecule has 2 rings (SSSR count). The smallest absolute Gasteiger partial charge is 0.126 e. The largest absolute Gasteiger partial charge is 0.329 e. The maximum Gasteiger partial charge on any atom is 0.126 e. The van der Waals surface area contributed by atoms with Gasteiger partial charge in [0.15, 0.2) is 0 Å². The Bertz CT molecular complexity index is 425. The predicted molar refractivity (Wildman–Crippen MR) is 82.1 cm³/mol. The molecule has 0 spiro atoms. The fourth-order valence-corrected chi connectivity index (χ4v) is 3.27. The van der Waals surface area contributed by atoms with Crippen LogP contribution >= 0.6 is 0 Å². The average Bonchev–Trinajstić information content (AvgIpc) is 2.46. The van der Waals surface area contributed by atoms with E-state index >= 15 is 0 Å². The molecule has 1 aromatic carbocycles. The van der Waals surface area contributed by atoms with Crippen molar-refractivity contribution in [2.24, 2.45) is 11.7 Å². The van der Waals surface area contributed by atoms with Gasteiger partial charge in [-0.2, -0.15) is 0 Å². The quantitative estimate of drug-likeness (QED) is 0.891. The lowest BCUT2D eigenvalue weighted by Crippen LogP contribution is -2.39. The Morgan fingerprint density at radius 1 is 1.35 bits per heavy atom. The summed E-state index contributed by atoms with van der Waals surface area (Å²) in [6, 6.07) is 5.70. The Hall–Kier alpha value is -0.930. The monoisotopic (exact) mass is 278 g/mol. The van der Waals surface area contributed by atoms with Crippen LogP contribution in [0, 0.1) is 18.7 Å². The maximum atomic E-state index is 13.7. The van der Waals surface area contributed by atoms with Crippen LogP contribution in [0.25, 0.3) is 0 Å². The van der Waals surface area contributed by atoms with Crippen molar-refractivity contribution >= 4 is 0 Å². The van der Waals surface area contributed by atoms with Crippen LogP contribution < -0.4 is 5.73 Å². The molecule has 1 aromatic rings. The van der Waals surface area contributed by atoms with Crippen LogP contribution in [0.2, 0.25) is 0 Å². The van der Waals surface area contributed by atoms with Gasteiger partial charge in [0.1, 0.15) is 5.82 Å². The lowest BCUT2D eigenvalue weighted by Gasteiger charge is -2.37. The van der Waals surface area contributed by atoms with Crippen LogP contribution in [0.4, 0.5) is 4.39 Å². The van der Waals surface area contributed by atoms with Gasteiger partial charge in [0.2, 0.25) is 0 Å². The summed E-state index contributed by atoms with van der Waals surface area (Å²) in [6.07, 6.45) is 5.10. The second-order valence-corrected chi connectivity index (χ2v) is 6.03. The second-order valence-electron chi connectivity index (χ2n) is 6.03. The first-order chi connectivity index (χ1) is 9.65. The summed E-state index contributed by atoms with van der Waals surface area (Å²) in [5, 5.41) is 0. The van der Waals surface area contributed by atoms with Crippen molar-refractivity contribution in [3.63, 3.8) is 0 Å². The van der Waals surface area contributed by atoms with Crippen molar-refractivity contribution in [1.82, 2.24) is 4.90 Å². The lowest BCUT2D eigenvalue weighted by atomic mass is 9.91. The van der Waals surface area contributed by atoms with E-state index in [4.69, 9.17) is 5.73 Å².